The van der Waals surface area contributed by atoms with Crippen molar-refractivity contribution in [1.82, 2.24) is 60.0 Å². The normalized spacial score (nSPS) is 27.9. The highest BCUT2D eigenvalue weighted by Gasteiger charge is 2.47. The largest absolute Gasteiger partial charge is 0.390 e. The molecule has 2 saturated heterocycles. The fraction of sp³-hybridized carbons (Fsp3) is 0.812. The summed E-state index contributed by atoms with van der Waals surface area (Å²) in [7, 11) is 8.07. The molecule has 2 rings (SSSR count). The third-order valence-corrected chi connectivity index (χ3v) is 20.8. The van der Waals surface area contributed by atoms with Crippen LogP contribution in [0.2, 0.25) is 0 Å². The van der Waals surface area contributed by atoms with Gasteiger partial charge in [0, 0.05) is 81.9 Å². The molecule has 14 atom stereocenters. The summed E-state index contributed by atoms with van der Waals surface area (Å²) >= 11 is 0. The topological polar surface area (TPSA) is 317 Å². The standard InChI is InChI=1S/C69H124N12O15S/c1-26-28-29-45(13)58(82)57-69(93)74(19)50(27-2)64(88)73(18)49(17)63(87)79(24)56(46(14)39-96-33-30-81-31-34-97(94,95)35-32-81)61(85)72-54(43(9)10)67(91)75(20)51(36-40(3)4)60(84)70-47(15)59(83)71-48(16)62(86)76(21)52(37-41(5)6)65(89)77(22)53(38-42(7)8)66(90)78(23)55(44(11)12)68(92)80(57)25/h26,28,40-58,82H,27,29-39H2,1-25H3,(H,70,84)(H,71,83)(H,72,85)/b28-26+/t45-,46-,47+,48-,49-,50+,51+,52+,53+,54+,55+,56+,57+,58-/m1/s1. The van der Waals surface area contributed by atoms with E-state index in [0.717, 1.165) is 14.7 Å². The van der Waals surface area contributed by atoms with Gasteiger partial charge in [-0.3, -0.25) is 57.6 Å². The predicted molar refractivity (Wildman–Crippen MR) is 373 cm³/mol. The summed E-state index contributed by atoms with van der Waals surface area (Å²) in [5, 5.41) is 20.6. The Hall–Kier alpha value is -6.26. The van der Waals surface area contributed by atoms with Crippen molar-refractivity contribution in [3.05, 3.63) is 12.2 Å². The van der Waals surface area contributed by atoms with Crippen LogP contribution in [-0.2, 0) is 67.3 Å². The molecule has 0 aliphatic carbocycles. The maximum Gasteiger partial charge on any atom is 0.248 e. The zero-order chi connectivity index (χ0) is 74.7. The number of nitrogens with zero attached hydrogens (tertiary/aromatic N) is 9. The molecule has 0 spiro atoms. The molecule has 0 radical (unpaired) electrons. The van der Waals surface area contributed by atoms with Gasteiger partial charge in [-0.2, -0.15) is 0 Å². The maximum atomic E-state index is 15.4. The highest BCUT2D eigenvalue weighted by molar-refractivity contribution is 7.91. The van der Waals surface area contributed by atoms with Crippen molar-refractivity contribution >= 4 is 74.8 Å². The average Bonchev–Trinajstić information content (AvgIpc) is 0.800. The third-order valence-electron chi connectivity index (χ3n) is 19.1. The fourth-order valence-electron chi connectivity index (χ4n) is 12.7. The van der Waals surface area contributed by atoms with Gasteiger partial charge < -0.3 is 65.0 Å². The molecule has 0 aromatic heterocycles. The molecule has 2 aliphatic rings. The number of sulfone groups is 1. The number of likely N-dealkylation sites (N-methyl/N-ethyl adjacent to an activating group) is 8. The van der Waals surface area contributed by atoms with Crippen molar-refractivity contribution in [2.45, 2.75) is 222 Å². The van der Waals surface area contributed by atoms with Crippen molar-refractivity contribution in [3.8, 4) is 0 Å². The lowest BCUT2D eigenvalue weighted by atomic mass is 9.91. The van der Waals surface area contributed by atoms with Crippen LogP contribution in [0.15, 0.2) is 12.2 Å². The Balaban J connectivity index is 3.06. The van der Waals surface area contributed by atoms with Crippen LogP contribution in [0.1, 0.15) is 150 Å². The van der Waals surface area contributed by atoms with Gasteiger partial charge in [-0.25, -0.2) is 8.42 Å². The van der Waals surface area contributed by atoms with Gasteiger partial charge in [-0.05, 0) is 95.3 Å². The molecule has 556 valence electrons. The Morgan fingerprint density at radius 3 is 1.41 bits per heavy atom. The van der Waals surface area contributed by atoms with E-state index in [4.69, 9.17) is 4.74 Å². The quantitative estimate of drug-likeness (QED) is 0.107. The van der Waals surface area contributed by atoms with E-state index in [1.54, 1.807) is 67.5 Å². The first-order valence-corrected chi connectivity index (χ1v) is 36.5. The Bertz CT molecular complexity index is 2820. The summed E-state index contributed by atoms with van der Waals surface area (Å²) in [6, 6.07) is -14.3. The zero-order valence-corrected chi connectivity index (χ0v) is 64.0. The number of amides is 11. The molecule has 2 fully saturated rings. The highest BCUT2D eigenvalue weighted by Crippen LogP contribution is 2.27. The lowest BCUT2D eigenvalue weighted by Gasteiger charge is -2.43. The van der Waals surface area contributed by atoms with Gasteiger partial charge in [0.05, 0.1) is 30.8 Å². The number of aliphatic hydroxyl groups is 1. The second-order valence-electron chi connectivity index (χ2n) is 29.2. The van der Waals surface area contributed by atoms with E-state index >= 15 is 33.6 Å². The molecule has 0 aromatic rings. The van der Waals surface area contributed by atoms with Gasteiger partial charge >= 0.3 is 0 Å². The summed E-state index contributed by atoms with van der Waals surface area (Å²) < 4.78 is 30.4. The van der Waals surface area contributed by atoms with Crippen LogP contribution in [-0.4, -0.2) is 296 Å². The van der Waals surface area contributed by atoms with E-state index < -0.39 is 171 Å². The minimum Gasteiger partial charge on any atom is -0.390 e. The number of hydrogen-bond donors (Lipinski definition) is 4. The molecule has 2 heterocycles. The molecule has 11 amide bonds. The minimum atomic E-state index is -3.15. The smallest absolute Gasteiger partial charge is 0.248 e. The Labute approximate surface area is 580 Å². The molecule has 0 bridgehead atoms. The number of carbonyl (C=O) groups is 11. The lowest BCUT2D eigenvalue weighted by molar-refractivity contribution is -0.161. The van der Waals surface area contributed by atoms with E-state index in [2.05, 4.69) is 16.0 Å². The number of carbonyl (C=O) groups excluding carboxylic acids is 11. The van der Waals surface area contributed by atoms with Crippen LogP contribution >= 0.6 is 0 Å². The van der Waals surface area contributed by atoms with Crippen LogP contribution in [0.3, 0.4) is 0 Å². The summed E-state index contributed by atoms with van der Waals surface area (Å²) in [4.78, 5) is 176. The number of nitrogens with one attached hydrogen (secondary N) is 3. The van der Waals surface area contributed by atoms with Gasteiger partial charge in [-0.1, -0.05) is 102 Å². The van der Waals surface area contributed by atoms with Crippen LogP contribution in [0.25, 0.3) is 0 Å². The van der Waals surface area contributed by atoms with E-state index in [1.807, 2.05) is 46.4 Å². The number of aliphatic hydroxyl groups excluding tert-OH is 1. The van der Waals surface area contributed by atoms with Crippen LogP contribution in [0, 0.1) is 41.4 Å². The zero-order valence-electron chi connectivity index (χ0n) is 63.2. The van der Waals surface area contributed by atoms with Gasteiger partial charge in [-0.15, -0.1) is 0 Å². The first-order chi connectivity index (χ1) is 44.8. The Morgan fingerprint density at radius 1 is 0.495 bits per heavy atom. The van der Waals surface area contributed by atoms with Crippen molar-refractivity contribution in [1.29, 1.82) is 0 Å². The monoisotopic (exact) mass is 1390 g/mol. The molecule has 4 N–H and O–H groups in total. The Morgan fingerprint density at radius 2 is 0.928 bits per heavy atom. The van der Waals surface area contributed by atoms with Crippen molar-refractivity contribution in [2.24, 2.45) is 41.4 Å². The van der Waals surface area contributed by atoms with E-state index in [0.29, 0.717) is 19.6 Å². The van der Waals surface area contributed by atoms with E-state index in [-0.39, 0.29) is 74.6 Å². The maximum absolute atomic E-state index is 15.4. The first-order valence-electron chi connectivity index (χ1n) is 34.7. The SMILES string of the molecule is C/C=C/C[C@@H](C)[C@@H](O)[C@H]1C(=O)N(C)[C@@H](CC)C(=O)N(C)[C@H](C)C(=O)N(C)[C@@H]([C@H](C)COCCN2CCS(=O)(=O)CC2)C(=O)N[C@@H](C(C)C)C(=O)N(C)[C@@H](CC(C)C)C(=O)N[C@@H](C)C(=O)N[C@H](C)C(=O)N(C)[C@@H](CC(C)C)C(=O)N(C)[C@@H](CC(C)C)C(=O)N(C)[C@@H](C(C)C)C(=O)N1C. The van der Waals surface area contributed by atoms with Gasteiger partial charge in [0.25, 0.3) is 0 Å². The molecule has 27 nitrogen and oxygen atoms in total. The Kier molecular flexibility index (Phi) is 34.8. The van der Waals surface area contributed by atoms with Crippen molar-refractivity contribution in [3.63, 3.8) is 0 Å². The fourth-order valence-corrected chi connectivity index (χ4v) is 14.0. The number of allylic oxidation sites excluding steroid dienone is 2. The minimum absolute atomic E-state index is 0.00560. The molecule has 2 aliphatic heterocycles. The predicted octanol–water partition coefficient (Wildman–Crippen LogP) is 2.34. The number of ether oxygens (including phenoxy) is 1. The number of rotatable bonds is 19. The average molecular weight is 1390 g/mol. The molecule has 0 unspecified atom stereocenters. The van der Waals surface area contributed by atoms with Crippen LogP contribution < -0.4 is 16.0 Å². The van der Waals surface area contributed by atoms with Gasteiger partial charge in [0.2, 0.25) is 65.0 Å². The van der Waals surface area contributed by atoms with E-state index in [9.17, 15) is 32.7 Å². The summed E-state index contributed by atoms with van der Waals surface area (Å²) in [6.45, 7) is 30.2. The van der Waals surface area contributed by atoms with Gasteiger partial charge in [0.15, 0.2) is 9.84 Å². The second kappa shape index (κ2) is 38.9. The molecular formula is C69H124N12O15S. The highest BCUT2D eigenvalue weighted by atomic mass is 32.2. The molecule has 0 aromatic carbocycles. The third kappa shape index (κ3) is 23.7. The molecular weight excluding hydrogens is 1270 g/mol. The summed E-state index contributed by atoms with van der Waals surface area (Å²) in [5.74, 6) is -11.0. The number of hydrogen-bond acceptors (Lipinski definition) is 16. The second-order valence-corrected chi connectivity index (χ2v) is 31.5. The van der Waals surface area contributed by atoms with Crippen molar-refractivity contribution < 1.29 is 71.0 Å². The molecule has 28 heteroatoms. The van der Waals surface area contributed by atoms with Gasteiger partial charge in [0.1, 0.15) is 66.5 Å². The van der Waals surface area contributed by atoms with E-state index in [1.165, 1.54) is 102 Å². The summed E-state index contributed by atoms with van der Waals surface area (Å²) in [5.41, 5.74) is 0. The summed E-state index contributed by atoms with van der Waals surface area (Å²) in [6.07, 6.45) is 2.70. The lowest BCUT2D eigenvalue weighted by Crippen LogP contribution is -2.64. The van der Waals surface area contributed by atoms with Crippen LogP contribution in [0.5, 0.6) is 0 Å². The molecule has 97 heavy (non-hydrogen) atoms. The first kappa shape index (κ1) is 86.8. The van der Waals surface area contributed by atoms with Crippen molar-refractivity contribution in [2.75, 3.05) is 101 Å². The molecule has 0 saturated carbocycles. The van der Waals surface area contributed by atoms with Crippen LogP contribution in [0.4, 0.5) is 0 Å².